The molecule has 154 valence electrons. The molecule has 2 aromatic carbocycles. The molecule has 0 spiro atoms. The van der Waals surface area contributed by atoms with E-state index in [2.05, 4.69) is 26.1 Å². The fraction of sp³-hybridized carbons (Fsp3) is 0.480. The van der Waals surface area contributed by atoms with Crippen LogP contribution < -0.4 is 15.8 Å². The Kier molecular flexibility index (Phi) is 5.39. The first-order valence-corrected chi connectivity index (χ1v) is 10.7. The molecule has 1 amide bonds. The number of carbonyl (C=O) groups excluding carboxylic acids is 1. The molecule has 5 rings (SSSR count). The number of amides is 1. The number of fused-ring (bicyclic) bond motifs is 2. The molecule has 3 aliphatic carbocycles. The molecule has 0 heterocycles. The summed E-state index contributed by atoms with van der Waals surface area (Å²) < 4.78 is 5.93. The van der Waals surface area contributed by atoms with Crippen LogP contribution >= 0.6 is 0 Å². The van der Waals surface area contributed by atoms with Gasteiger partial charge in [-0.2, -0.15) is 0 Å². The molecule has 0 unspecified atom stereocenters. The highest BCUT2D eigenvalue weighted by atomic mass is 16.5. The van der Waals surface area contributed by atoms with E-state index >= 15 is 0 Å². The van der Waals surface area contributed by atoms with Crippen molar-refractivity contribution in [3.05, 3.63) is 54.1 Å². The minimum absolute atomic E-state index is 0.410. The van der Waals surface area contributed by atoms with Gasteiger partial charge in [-0.1, -0.05) is 45.0 Å². The van der Waals surface area contributed by atoms with E-state index in [4.69, 9.17) is 10.5 Å². The molecule has 3 N–H and O–H groups in total. The van der Waals surface area contributed by atoms with Crippen molar-refractivity contribution in [2.75, 3.05) is 13.2 Å². The summed E-state index contributed by atoms with van der Waals surface area (Å²) in [6.07, 6.45) is 2.71. The van der Waals surface area contributed by atoms with Crippen LogP contribution in [0.15, 0.2) is 48.5 Å². The van der Waals surface area contributed by atoms with Gasteiger partial charge in [-0.25, -0.2) is 0 Å². The van der Waals surface area contributed by atoms with Crippen LogP contribution in [0.5, 0.6) is 5.75 Å². The lowest BCUT2D eigenvalue weighted by Gasteiger charge is -2.62. The van der Waals surface area contributed by atoms with Gasteiger partial charge in [0.1, 0.15) is 12.4 Å². The number of nitrogens with one attached hydrogen (secondary N) is 1. The molecule has 3 saturated carbocycles. The van der Waals surface area contributed by atoms with Crippen molar-refractivity contribution in [3.8, 4) is 16.9 Å². The molecule has 2 bridgehead atoms. The zero-order chi connectivity index (χ0) is 20.6. The molecule has 4 heteroatoms. The fourth-order valence-electron chi connectivity index (χ4n) is 5.43. The molecule has 4 atom stereocenters. The third kappa shape index (κ3) is 3.91. The first-order chi connectivity index (χ1) is 13.9. The van der Waals surface area contributed by atoms with Gasteiger partial charge in [0.2, 0.25) is 5.91 Å². The Morgan fingerprint density at radius 2 is 1.90 bits per heavy atom. The molecule has 4 nitrogen and oxygen atoms in total. The van der Waals surface area contributed by atoms with E-state index in [0.29, 0.717) is 23.6 Å². The number of hydrogen-bond donors (Lipinski definition) is 2. The van der Waals surface area contributed by atoms with Crippen molar-refractivity contribution in [1.29, 1.82) is 0 Å². The van der Waals surface area contributed by atoms with Gasteiger partial charge in [-0.05, 0) is 71.4 Å². The number of benzene rings is 2. The van der Waals surface area contributed by atoms with Crippen LogP contribution in [-0.2, 0) is 0 Å². The number of hydrogen-bond acceptors (Lipinski definition) is 3. The maximum Gasteiger partial charge on any atom is 0.248 e. The smallest absolute Gasteiger partial charge is 0.248 e. The van der Waals surface area contributed by atoms with Gasteiger partial charge in [0, 0.05) is 18.2 Å². The lowest BCUT2D eigenvalue weighted by molar-refractivity contribution is -0.115. The van der Waals surface area contributed by atoms with Gasteiger partial charge >= 0.3 is 0 Å². The topological polar surface area (TPSA) is 64.3 Å². The average Bonchev–Trinajstić information content (AvgIpc) is 2.72. The Bertz CT molecular complexity index is 875. The fourth-order valence-corrected chi connectivity index (χ4v) is 5.43. The van der Waals surface area contributed by atoms with Crippen LogP contribution in [0, 0.1) is 23.2 Å². The maximum atomic E-state index is 11.4. The summed E-state index contributed by atoms with van der Waals surface area (Å²) in [5.74, 6) is 2.93. The number of nitrogens with two attached hydrogens (primary N) is 1. The Labute approximate surface area is 173 Å². The van der Waals surface area contributed by atoms with E-state index in [1.165, 1.54) is 12.8 Å². The highest BCUT2D eigenvalue weighted by Crippen LogP contribution is 2.61. The van der Waals surface area contributed by atoms with Gasteiger partial charge in [0.05, 0.1) is 0 Å². The van der Waals surface area contributed by atoms with Crippen LogP contribution in [0.25, 0.3) is 11.1 Å². The lowest BCUT2D eigenvalue weighted by Crippen LogP contribution is -2.60. The molecular weight excluding hydrogens is 360 g/mol. The Balaban J connectivity index is 1.26. The van der Waals surface area contributed by atoms with Crippen LogP contribution in [0.1, 0.15) is 44.0 Å². The quantitative estimate of drug-likeness (QED) is 0.682. The largest absolute Gasteiger partial charge is 0.492 e. The molecule has 29 heavy (non-hydrogen) atoms. The van der Waals surface area contributed by atoms with Crippen molar-refractivity contribution < 1.29 is 9.53 Å². The lowest BCUT2D eigenvalue weighted by atomic mass is 9.45. The maximum absolute atomic E-state index is 11.4. The molecule has 0 radical (unpaired) electrons. The zero-order valence-electron chi connectivity index (χ0n) is 17.7. The Morgan fingerprint density at radius 3 is 2.55 bits per heavy atom. The predicted molar refractivity (Wildman–Crippen MR) is 117 cm³/mol. The highest BCUT2D eigenvalue weighted by molar-refractivity contribution is 5.94. The second-order valence-electron chi connectivity index (χ2n) is 9.33. The third-order valence-corrected chi connectivity index (χ3v) is 7.47. The van der Waals surface area contributed by atoms with Gasteiger partial charge in [-0.15, -0.1) is 0 Å². The second-order valence-corrected chi connectivity index (χ2v) is 9.33. The van der Waals surface area contributed by atoms with Gasteiger partial charge in [0.15, 0.2) is 0 Å². The zero-order valence-corrected chi connectivity index (χ0v) is 17.7. The molecule has 0 saturated heterocycles. The summed E-state index contributed by atoms with van der Waals surface area (Å²) in [6, 6.07) is 16.0. The van der Waals surface area contributed by atoms with Gasteiger partial charge in [0.25, 0.3) is 0 Å². The number of carbonyl (C=O) groups is 1. The standard InChI is InChI=1S/C25H32N2O2/c1-16-22-14-20(25(22,2)3)15-23(16)27-11-12-29-21-9-7-17(8-10-21)18-5-4-6-19(13-18)24(26)28/h4-10,13,16,20,22-23,27H,11-12,14-15H2,1-3H3,(H2,26,28)/t16-,20-,22+,23-/m0/s1. The van der Waals surface area contributed by atoms with E-state index < -0.39 is 5.91 Å². The molecule has 2 aromatic rings. The third-order valence-electron chi connectivity index (χ3n) is 7.47. The minimum Gasteiger partial charge on any atom is -0.492 e. The van der Waals surface area contributed by atoms with E-state index in [1.54, 1.807) is 6.07 Å². The number of rotatable bonds is 7. The van der Waals surface area contributed by atoms with E-state index in [0.717, 1.165) is 41.2 Å². The first kappa shape index (κ1) is 20.0. The van der Waals surface area contributed by atoms with Crippen LogP contribution in [0.4, 0.5) is 0 Å². The van der Waals surface area contributed by atoms with Crippen molar-refractivity contribution in [3.63, 3.8) is 0 Å². The molecule has 0 aromatic heterocycles. The summed E-state index contributed by atoms with van der Waals surface area (Å²) in [7, 11) is 0. The number of primary amides is 1. The van der Waals surface area contributed by atoms with Crippen molar-refractivity contribution in [1.82, 2.24) is 5.32 Å². The van der Waals surface area contributed by atoms with Gasteiger partial charge in [-0.3, -0.25) is 4.79 Å². The molecule has 3 aliphatic rings. The van der Waals surface area contributed by atoms with Crippen molar-refractivity contribution in [2.45, 2.75) is 39.7 Å². The normalized spacial score (nSPS) is 27.1. The summed E-state index contributed by atoms with van der Waals surface area (Å²) in [5, 5.41) is 3.73. The summed E-state index contributed by atoms with van der Waals surface area (Å²) in [5.41, 5.74) is 8.44. The van der Waals surface area contributed by atoms with Crippen LogP contribution in [-0.4, -0.2) is 25.1 Å². The molecular formula is C25H32N2O2. The SMILES string of the molecule is C[C@@H]1[C@@H](NCCOc2ccc(-c3cccc(C(N)=O)c3)cc2)C[C@@H]2C[C@H]1C2(C)C. The highest BCUT2D eigenvalue weighted by Gasteiger charge is 2.55. The van der Waals surface area contributed by atoms with Gasteiger partial charge < -0.3 is 15.8 Å². The molecule has 3 fully saturated rings. The summed E-state index contributed by atoms with van der Waals surface area (Å²) in [6.45, 7) is 8.83. The summed E-state index contributed by atoms with van der Waals surface area (Å²) in [4.78, 5) is 11.4. The number of ether oxygens (including phenoxy) is 1. The Hall–Kier alpha value is -2.33. The molecule has 0 aliphatic heterocycles. The summed E-state index contributed by atoms with van der Waals surface area (Å²) >= 11 is 0. The van der Waals surface area contributed by atoms with Crippen LogP contribution in [0.3, 0.4) is 0 Å². The van der Waals surface area contributed by atoms with Crippen molar-refractivity contribution in [2.24, 2.45) is 28.9 Å². The minimum atomic E-state index is -0.410. The second kappa shape index (κ2) is 7.83. The van der Waals surface area contributed by atoms with E-state index in [1.807, 2.05) is 42.5 Å². The first-order valence-electron chi connectivity index (χ1n) is 10.7. The van der Waals surface area contributed by atoms with Crippen LogP contribution in [0.2, 0.25) is 0 Å². The monoisotopic (exact) mass is 392 g/mol. The van der Waals surface area contributed by atoms with E-state index in [-0.39, 0.29) is 0 Å². The predicted octanol–water partition coefficient (Wildman–Crippen LogP) is 4.49. The van der Waals surface area contributed by atoms with Crippen molar-refractivity contribution >= 4 is 5.91 Å². The Morgan fingerprint density at radius 1 is 1.14 bits per heavy atom. The van der Waals surface area contributed by atoms with E-state index in [9.17, 15) is 4.79 Å². The average molecular weight is 393 g/mol.